The molecule has 128 valence electrons. The van der Waals surface area contributed by atoms with Crippen molar-refractivity contribution in [1.82, 2.24) is 10.1 Å². The third kappa shape index (κ3) is 3.25. The van der Waals surface area contributed by atoms with E-state index in [1.54, 1.807) is 19.3 Å². The Hall–Kier alpha value is -2.05. The molecule has 0 bridgehead atoms. The van der Waals surface area contributed by atoms with Gasteiger partial charge in [-0.05, 0) is 50.0 Å². The van der Waals surface area contributed by atoms with E-state index in [0.29, 0.717) is 34.8 Å². The Balaban J connectivity index is 1.80. The highest BCUT2D eigenvalue weighted by Gasteiger charge is 2.38. The first-order chi connectivity index (χ1) is 11.6. The third-order valence-electron chi connectivity index (χ3n) is 4.09. The first-order valence-electron chi connectivity index (χ1n) is 7.87. The zero-order chi connectivity index (χ0) is 17.2. The van der Waals surface area contributed by atoms with Crippen molar-refractivity contribution in [2.75, 3.05) is 13.7 Å². The van der Waals surface area contributed by atoms with E-state index >= 15 is 0 Å². The van der Waals surface area contributed by atoms with Gasteiger partial charge < -0.3 is 19.7 Å². The first kappa shape index (κ1) is 16.8. The fourth-order valence-corrected chi connectivity index (χ4v) is 2.85. The largest absolute Gasteiger partial charge is 0.493 e. The van der Waals surface area contributed by atoms with Gasteiger partial charge in [-0.1, -0.05) is 16.8 Å². The van der Waals surface area contributed by atoms with Crippen molar-refractivity contribution in [2.45, 2.75) is 31.7 Å². The molecule has 7 heteroatoms. The molecule has 1 aliphatic rings. The molecule has 1 saturated carbocycles. The summed E-state index contributed by atoms with van der Waals surface area (Å²) < 4.78 is 16.1. The second kappa shape index (κ2) is 6.83. The Morgan fingerprint density at radius 2 is 2.17 bits per heavy atom. The number of benzene rings is 1. The number of ether oxygens (including phenoxy) is 2. The van der Waals surface area contributed by atoms with Crippen LogP contribution >= 0.6 is 11.6 Å². The fraction of sp³-hybridized carbons (Fsp3) is 0.412. The fourth-order valence-electron chi connectivity index (χ4n) is 2.57. The summed E-state index contributed by atoms with van der Waals surface area (Å²) in [5.41, 5.74) is 6.60. The van der Waals surface area contributed by atoms with Gasteiger partial charge >= 0.3 is 0 Å². The molecule has 0 unspecified atom stereocenters. The minimum atomic E-state index is -0.429. The maximum Gasteiger partial charge on any atom is 0.250 e. The topological polar surface area (TPSA) is 83.4 Å². The standard InChI is InChI=1S/C17H20ClN3O3/c1-3-23-15-12(18)9-11(10-13(15)22-2)5-6-14-20-16(21-24-14)17(19)7-4-8-17/h5-6,9-10H,3-4,7-8,19H2,1-2H3/b6-5+. The van der Waals surface area contributed by atoms with Crippen molar-refractivity contribution >= 4 is 23.8 Å². The molecule has 1 fully saturated rings. The van der Waals surface area contributed by atoms with Crippen LogP contribution in [0.15, 0.2) is 16.7 Å². The van der Waals surface area contributed by atoms with E-state index in [4.69, 9.17) is 31.3 Å². The van der Waals surface area contributed by atoms with E-state index in [-0.39, 0.29) is 0 Å². The second-order valence-corrected chi connectivity index (χ2v) is 6.17. The minimum Gasteiger partial charge on any atom is -0.493 e. The molecule has 1 aromatic carbocycles. The van der Waals surface area contributed by atoms with Gasteiger partial charge in [0.1, 0.15) is 0 Å². The maximum absolute atomic E-state index is 6.26. The lowest BCUT2D eigenvalue weighted by Crippen LogP contribution is -2.44. The normalized spacial score (nSPS) is 16.2. The summed E-state index contributed by atoms with van der Waals surface area (Å²) >= 11 is 6.26. The Morgan fingerprint density at radius 1 is 1.38 bits per heavy atom. The van der Waals surface area contributed by atoms with Crippen LogP contribution in [-0.2, 0) is 5.54 Å². The van der Waals surface area contributed by atoms with Crippen molar-refractivity contribution in [3.05, 3.63) is 34.4 Å². The van der Waals surface area contributed by atoms with Gasteiger partial charge in [0, 0.05) is 6.08 Å². The third-order valence-corrected chi connectivity index (χ3v) is 4.37. The summed E-state index contributed by atoms with van der Waals surface area (Å²) in [6.45, 7) is 2.40. The van der Waals surface area contributed by atoms with Gasteiger partial charge in [-0.2, -0.15) is 4.98 Å². The number of hydrogen-bond donors (Lipinski definition) is 1. The molecule has 1 heterocycles. The predicted octanol–water partition coefficient (Wildman–Crippen LogP) is 3.64. The van der Waals surface area contributed by atoms with Gasteiger partial charge in [-0.15, -0.1) is 0 Å². The number of hydrogen-bond acceptors (Lipinski definition) is 6. The summed E-state index contributed by atoms with van der Waals surface area (Å²) in [6, 6.07) is 3.63. The molecule has 2 N–H and O–H groups in total. The van der Waals surface area contributed by atoms with Crippen LogP contribution in [0.2, 0.25) is 5.02 Å². The predicted molar refractivity (Wildman–Crippen MR) is 92.1 cm³/mol. The van der Waals surface area contributed by atoms with Crippen LogP contribution in [0.3, 0.4) is 0 Å². The zero-order valence-electron chi connectivity index (χ0n) is 13.7. The van der Waals surface area contributed by atoms with E-state index < -0.39 is 5.54 Å². The van der Waals surface area contributed by atoms with E-state index in [1.165, 1.54) is 0 Å². The van der Waals surface area contributed by atoms with Crippen molar-refractivity contribution in [3.8, 4) is 11.5 Å². The van der Waals surface area contributed by atoms with Gasteiger partial charge in [-0.3, -0.25) is 0 Å². The van der Waals surface area contributed by atoms with Crippen LogP contribution in [0.5, 0.6) is 11.5 Å². The van der Waals surface area contributed by atoms with Crippen LogP contribution in [0.1, 0.15) is 43.5 Å². The number of rotatable bonds is 6. The smallest absolute Gasteiger partial charge is 0.250 e. The highest BCUT2D eigenvalue weighted by molar-refractivity contribution is 6.32. The molecule has 24 heavy (non-hydrogen) atoms. The zero-order valence-corrected chi connectivity index (χ0v) is 14.5. The Bertz CT molecular complexity index is 754. The van der Waals surface area contributed by atoms with Crippen molar-refractivity contribution in [3.63, 3.8) is 0 Å². The number of nitrogens with zero attached hydrogens (tertiary/aromatic N) is 2. The van der Waals surface area contributed by atoms with Crippen molar-refractivity contribution < 1.29 is 14.0 Å². The minimum absolute atomic E-state index is 0.408. The summed E-state index contributed by atoms with van der Waals surface area (Å²) in [5, 5.41) is 4.46. The number of aromatic nitrogens is 2. The first-order valence-corrected chi connectivity index (χ1v) is 8.25. The molecule has 0 amide bonds. The highest BCUT2D eigenvalue weighted by Crippen LogP contribution is 2.38. The van der Waals surface area contributed by atoms with Crippen molar-refractivity contribution in [2.24, 2.45) is 5.73 Å². The van der Waals surface area contributed by atoms with Crippen LogP contribution in [0, 0.1) is 0 Å². The van der Waals surface area contributed by atoms with Crippen LogP contribution < -0.4 is 15.2 Å². The van der Waals surface area contributed by atoms with E-state index in [1.807, 2.05) is 19.1 Å². The molecular formula is C17H20ClN3O3. The Morgan fingerprint density at radius 3 is 2.79 bits per heavy atom. The SMILES string of the molecule is CCOc1c(Cl)cc(/C=C/c2nc(C3(N)CCC3)no2)cc1OC. The van der Waals surface area contributed by atoms with Crippen molar-refractivity contribution in [1.29, 1.82) is 0 Å². The summed E-state index contributed by atoms with van der Waals surface area (Å²) in [7, 11) is 1.57. The van der Waals surface area contributed by atoms with Gasteiger partial charge in [0.15, 0.2) is 17.3 Å². The molecule has 1 aliphatic carbocycles. The lowest BCUT2D eigenvalue weighted by Gasteiger charge is -2.34. The van der Waals surface area contributed by atoms with Crippen LogP contribution in [-0.4, -0.2) is 23.9 Å². The second-order valence-electron chi connectivity index (χ2n) is 5.77. The number of halogens is 1. The van der Waals surface area contributed by atoms with Gasteiger partial charge in [0.2, 0.25) is 0 Å². The number of methoxy groups -OCH3 is 1. The van der Waals surface area contributed by atoms with E-state index in [0.717, 1.165) is 24.8 Å². The van der Waals surface area contributed by atoms with E-state index in [2.05, 4.69) is 10.1 Å². The molecule has 0 aliphatic heterocycles. The lowest BCUT2D eigenvalue weighted by atomic mass is 9.77. The molecule has 1 aromatic heterocycles. The monoisotopic (exact) mass is 349 g/mol. The van der Waals surface area contributed by atoms with Gasteiger partial charge in [0.25, 0.3) is 5.89 Å². The maximum atomic E-state index is 6.26. The Labute approximate surface area is 145 Å². The van der Waals surface area contributed by atoms with Crippen LogP contribution in [0.4, 0.5) is 0 Å². The molecule has 2 aromatic rings. The number of nitrogens with two attached hydrogens (primary N) is 1. The molecule has 6 nitrogen and oxygen atoms in total. The van der Waals surface area contributed by atoms with Crippen LogP contribution in [0.25, 0.3) is 12.2 Å². The highest BCUT2D eigenvalue weighted by atomic mass is 35.5. The molecular weight excluding hydrogens is 330 g/mol. The summed E-state index contributed by atoms with van der Waals surface area (Å²) in [6.07, 6.45) is 6.43. The average Bonchev–Trinajstić information content (AvgIpc) is 3.02. The molecule has 3 rings (SSSR count). The summed E-state index contributed by atoms with van der Waals surface area (Å²) in [5.74, 6) is 2.08. The quantitative estimate of drug-likeness (QED) is 0.857. The molecule has 0 spiro atoms. The average molecular weight is 350 g/mol. The van der Waals surface area contributed by atoms with E-state index in [9.17, 15) is 0 Å². The van der Waals surface area contributed by atoms with Gasteiger partial charge in [0.05, 0.1) is 24.3 Å². The lowest BCUT2D eigenvalue weighted by molar-refractivity contribution is 0.229. The molecule has 0 saturated heterocycles. The molecule has 0 radical (unpaired) electrons. The molecule has 0 atom stereocenters. The summed E-state index contributed by atoms with van der Waals surface area (Å²) in [4.78, 5) is 4.35. The Kier molecular flexibility index (Phi) is 4.78. The van der Waals surface area contributed by atoms with Gasteiger partial charge in [-0.25, -0.2) is 0 Å².